The quantitative estimate of drug-likeness (QED) is 0.678. The lowest BCUT2D eigenvalue weighted by molar-refractivity contribution is 0.371. The molecule has 1 aromatic rings. The first kappa shape index (κ1) is 9.65. The summed E-state index contributed by atoms with van der Waals surface area (Å²) in [5, 5.41) is 8.46. The number of hydrogen-bond acceptors (Lipinski definition) is 3. The van der Waals surface area contributed by atoms with Crippen LogP contribution in [0.5, 0.6) is 0 Å². The summed E-state index contributed by atoms with van der Waals surface area (Å²) in [6, 6.07) is 0. The van der Waals surface area contributed by atoms with Gasteiger partial charge in [-0.05, 0) is 12.8 Å². The third-order valence-corrected chi connectivity index (χ3v) is 2.67. The van der Waals surface area contributed by atoms with Gasteiger partial charge in [-0.3, -0.25) is 4.57 Å². The molecule has 14 heavy (non-hydrogen) atoms. The highest BCUT2D eigenvalue weighted by molar-refractivity contribution is 5.09. The van der Waals surface area contributed by atoms with Gasteiger partial charge >= 0.3 is 0 Å². The molecule has 2 rings (SSSR count). The van der Waals surface area contributed by atoms with E-state index in [1.165, 1.54) is 0 Å². The molecule has 4 nitrogen and oxygen atoms in total. The monoisotopic (exact) mass is 194 g/mol. The van der Waals surface area contributed by atoms with Gasteiger partial charge in [0.05, 0.1) is 6.17 Å². The zero-order chi connectivity index (χ0) is 10.3. The van der Waals surface area contributed by atoms with Gasteiger partial charge in [0.2, 0.25) is 0 Å². The fourth-order valence-electron chi connectivity index (χ4n) is 1.95. The van der Waals surface area contributed by atoms with Crippen LogP contribution in [0.4, 0.5) is 0 Å². The highest BCUT2D eigenvalue weighted by Crippen LogP contribution is 2.27. The molecule has 0 spiro atoms. The Morgan fingerprint density at radius 3 is 2.71 bits per heavy atom. The van der Waals surface area contributed by atoms with Gasteiger partial charge in [-0.2, -0.15) is 0 Å². The van der Waals surface area contributed by atoms with E-state index in [0.717, 1.165) is 30.9 Å². The SMILES string of the molecule is CC(C)(C)c1nnc2n1C(N)CCC2. The van der Waals surface area contributed by atoms with Crippen molar-refractivity contribution in [1.82, 2.24) is 14.8 Å². The molecule has 0 aromatic carbocycles. The molecule has 0 saturated carbocycles. The van der Waals surface area contributed by atoms with E-state index in [2.05, 4.69) is 35.5 Å². The van der Waals surface area contributed by atoms with Crippen molar-refractivity contribution in [3.8, 4) is 0 Å². The first-order chi connectivity index (χ1) is 6.50. The van der Waals surface area contributed by atoms with Crippen LogP contribution >= 0.6 is 0 Å². The smallest absolute Gasteiger partial charge is 0.139 e. The normalized spacial score (nSPS) is 22.1. The van der Waals surface area contributed by atoms with Gasteiger partial charge in [0.25, 0.3) is 0 Å². The maximum atomic E-state index is 6.07. The van der Waals surface area contributed by atoms with Crippen molar-refractivity contribution in [3.63, 3.8) is 0 Å². The summed E-state index contributed by atoms with van der Waals surface area (Å²) in [6.07, 6.45) is 3.25. The summed E-state index contributed by atoms with van der Waals surface area (Å²) in [7, 11) is 0. The average molecular weight is 194 g/mol. The van der Waals surface area contributed by atoms with E-state index in [-0.39, 0.29) is 11.6 Å². The lowest BCUT2D eigenvalue weighted by atomic mass is 9.95. The maximum Gasteiger partial charge on any atom is 0.139 e. The summed E-state index contributed by atoms with van der Waals surface area (Å²) in [5.74, 6) is 2.06. The molecule has 1 aromatic heterocycles. The Bertz CT molecular complexity index is 334. The Hall–Kier alpha value is -0.900. The number of hydrogen-bond donors (Lipinski definition) is 1. The van der Waals surface area contributed by atoms with Gasteiger partial charge in [0.1, 0.15) is 11.6 Å². The molecular weight excluding hydrogens is 176 g/mol. The van der Waals surface area contributed by atoms with Crippen LogP contribution < -0.4 is 5.73 Å². The van der Waals surface area contributed by atoms with Gasteiger partial charge in [0, 0.05) is 11.8 Å². The van der Waals surface area contributed by atoms with E-state index in [1.54, 1.807) is 0 Å². The largest absolute Gasteiger partial charge is 0.311 e. The number of nitrogens with two attached hydrogens (primary N) is 1. The summed E-state index contributed by atoms with van der Waals surface area (Å²) >= 11 is 0. The van der Waals surface area contributed by atoms with Gasteiger partial charge in [-0.15, -0.1) is 10.2 Å². The average Bonchev–Trinajstić information content (AvgIpc) is 2.47. The van der Waals surface area contributed by atoms with E-state index in [4.69, 9.17) is 5.73 Å². The van der Waals surface area contributed by atoms with Crippen LogP contribution in [0.25, 0.3) is 0 Å². The predicted molar refractivity (Wildman–Crippen MR) is 54.9 cm³/mol. The molecule has 4 heteroatoms. The van der Waals surface area contributed by atoms with Crippen LogP contribution in [0.2, 0.25) is 0 Å². The minimum absolute atomic E-state index is 0.0280. The maximum absolute atomic E-state index is 6.07. The summed E-state index contributed by atoms with van der Waals surface area (Å²) < 4.78 is 2.11. The molecule has 0 bridgehead atoms. The molecule has 78 valence electrons. The minimum Gasteiger partial charge on any atom is -0.311 e. The Morgan fingerprint density at radius 1 is 1.36 bits per heavy atom. The van der Waals surface area contributed by atoms with Crippen molar-refractivity contribution >= 4 is 0 Å². The molecule has 1 aliphatic rings. The Balaban J connectivity index is 2.49. The summed E-state index contributed by atoms with van der Waals surface area (Å²) in [5.41, 5.74) is 6.10. The van der Waals surface area contributed by atoms with Gasteiger partial charge in [-0.1, -0.05) is 20.8 Å². The van der Waals surface area contributed by atoms with Gasteiger partial charge < -0.3 is 5.73 Å². The fourth-order valence-corrected chi connectivity index (χ4v) is 1.95. The standard InChI is InChI=1S/C10H18N4/c1-10(2,3)9-13-12-8-6-4-5-7(11)14(8)9/h7H,4-6,11H2,1-3H3. The molecule has 0 amide bonds. The Labute approximate surface area is 84.5 Å². The van der Waals surface area contributed by atoms with E-state index in [1.807, 2.05) is 0 Å². The number of aromatic nitrogens is 3. The summed E-state index contributed by atoms with van der Waals surface area (Å²) in [6.45, 7) is 6.43. The summed E-state index contributed by atoms with van der Waals surface area (Å²) in [4.78, 5) is 0. The first-order valence-electron chi connectivity index (χ1n) is 5.20. The molecule has 1 atom stereocenters. The molecule has 0 fully saturated rings. The van der Waals surface area contributed by atoms with Crippen molar-refractivity contribution in [1.29, 1.82) is 0 Å². The Morgan fingerprint density at radius 2 is 2.07 bits per heavy atom. The van der Waals surface area contributed by atoms with Crippen LogP contribution in [0, 0.1) is 0 Å². The van der Waals surface area contributed by atoms with Crippen molar-refractivity contribution < 1.29 is 0 Å². The second-order valence-electron chi connectivity index (χ2n) is 5.02. The number of fused-ring (bicyclic) bond motifs is 1. The molecule has 1 unspecified atom stereocenters. The second kappa shape index (κ2) is 3.05. The molecule has 0 radical (unpaired) electrons. The third kappa shape index (κ3) is 1.43. The molecule has 0 saturated heterocycles. The molecule has 2 N–H and O–H groups in total. The lowest BCUT2D eigenvalue weighted by Crippen LogP contribution is -2.30. The van der Waals surface area contributed by atoms with Crippen LogP contribution in [0.1, 0.15) is 51.4 Å². The lowest BCUT2D eigenvalue weighted by Gasteiger charge is -2.26. The second-order valence-corrected chi connectivity index (χ2v) is 5.02. The van der Waals surface area contributed by atoms with Crippen LogP contribution in [0.3, 0.4) is 0 Å². The zero-order valence-corrected chi connectivity index (χ0v) is 9.12. The predicted octanol–water partition coefficient (Wildman–Crippen LogP) is 1.37. The van der Waals surface area contributed by atoms with Crippen LogP contribution in [-0.2, 0) is 11.8 Å². The molecular formula is C10H18N4. The van der Waals surface area contributed by atoms with Gasteiger partial charge in [-0.25, -0.2) is 0 Å². The number of nitrogens with zero attached hydrogens (tertiary/aromatic N) is 3. The van der Waals surface area contributed by atoms with Crippen LogP contribution in [0.15, 0.2) is 0 Å². The van der Waals surface area contributed by atoms with Crippen LogP contribution in [-0.4, -0.2) is 14.8 Å². The number of rotatable bonds is 0. The highest BCUT2D eigenvalue weighted by Gasteiger charge is 2.28. The molecule has 0 aliphatic carbocycles. The van der Waals surface area contributed by atoms with Gasteiger partial charge in [0.15, 0.2) is 0 Å². The highest BCUT2D eigenvalue weighted by atomic mass is 15.3. The van der Waals surface area contributed by atoms with E-state index < -0.39 is 0 Å². The minimum atomic E-state index is 0.0280. The van der Waals surface area contributed by atoms with E-state index in [0.29, 0.717) is 0 Å². The first-order valence-corrected chi connectivity index (χ1v) is 5.20. The molecule has 2 heterocycles. The fraction of sp³-hybridized carbons (Fsp3) is 0.800. The Kier molecular flexibility index (Phi) is 2.10. The molecule has 1 aliphatic heterocycles. The van der Waals surface area contributed by atoms with E-state index in [9.17, 15) is 0 Å². The topological polar surface area (TPSA) is 56.7 Å². The van der Waals surface area contributed by atoms with E-state index >= 15 is 0 Å². The number of aryl methyl sites for hydroxylation is 1. The zero-order valence-electron chi connectivity index (χ0n) is 9.12. The van der Waals surface area contributed by atoms with Crippen molar-refractivity contribution in [2.75, 3.05) is 0 Å². The van der Waals surface area contributed by atoms with Crippen molar-refractivity contribution in [2.24, 2.45) is 5.73 Å². The van der Waals surface area contributed by atoms with Crippen molar-refractivity contribution in [2.45, 2.75) is 51.6 Å². The van der Waals surface area contributed by atoms with Crippen molar-refractivity contribution in [3.05, 3.63) is 11.6 Å². The third-order valence-electron chi connectivity index (χ3n) is 2.67.